The quantitative estimate of drug-likeness (QED) is 0.504. The number of hydrogen-bond acceptors (Lipinski definition) is 8. The van der Waals surface area contributed by atoms with Crippen molar-refractivity contribution in [3.05, 3.63) is 45.5 Å². The van der Waals surface area contributed by atoms with Gasteiger partial charge in [0, 0.05) is 30.5 Å². The topological polar surface area (TPSA) is 110 Å². The second-order valence-electron chi connectivity index (χ2n) is 7.63. The van der Waals surface area contributed by atoms with Gasteiger partial charge in [0.1, 0.15) is 11.5 Å². The number of methoxy groups -OCH3 is 3. The fraction of sp³-hybridized carbons (Fsp3) is 0.478. The zero-order valence-corrected chi connectivity index (χ0v) is 19.5. The molecule has 0 saturated carbocycles. The molecule has 0 aliphatic carbocycles. The normalized spacial score (nSPS) is 11.8. The summed E-state index contributed by atoms with van der Waals surface area (Å²) in [6.45, 7) is 2.88. The molecule has 0 radical (unpaired) electrons. The van der Waals surface area contributed by atoms with Gasteiger partial charge in [0.15, 0.2) is 11.5 Å². The van der Waals surface area contributed by atoms with Crippen LogP contribution in [0.5, 0.6) is 23.0 Å². The number of rotatable bonds is 11. The molecule has 1 amide bonds. The van der Waals surface area contributed by atoms with E-state index >= 15 is 0 Å². The van der Waals surface area contributed by atoms with Gasteiger partial charge in [0.2, 0.25) is 11.7 Å². The van der Waals surface area contributed by atoms with E-state index in [1.165, 1.54) is 27.4 Å². The van der Waals surface area contributed by atoms with E-state index in [4.69, 9.17) is 18.6 Å². The number of carbonyl (C=O) groups is 1. The number of aryl methyl sites for hydroxylation is 1. The molecule has 0 aliphatic heterocycles. The number of benzene rings is 1. The highest BCUT2D eigenvalue weighted by Gasteiger charge is 2.30. The number of nitrogens with one attached hydrogen (secondary N) is 1. The van der Waals surface area contributed by atoms with Gasteiger partial charge >= 0.3 is 5.63 Å². The maximum atomic E-state index is 12.8. The Kier molecular flexibility index (Phi) is 8.95. The minimum Gasteiger partial charge on any atom is -0.507 e. The van der Waals surface area contributed by atoms with Crippen LogP contribution in [0.15, 0.2) is 27.4 Å². The van der Waals surface area contributed by atoms with E-state index in [1.807, 2.05) is 19.0 Å². The molecule has 0 aliphatic rings. The van der Waals surface area contributed by atoms with Crippen molar-refractivity contribution in [3.8, 4) is 23.0 Å². The third-order valence-electron chi connectivity index (χ3n) is 5.04. The molecule has 0 saturated heterocycles. The molecule has 2 rings (SSSR count). The fourth-order valence-corrected chi connectivity index (χ4v) is 3.57. The van der Waals surface area contributed by atoms with E-state index in [1.54, 1.807) is 19.1 Å². The van der Waals surface area contributed by atoms with Crippen molar-refractivity contribution in [3.63, 3.8) is 0 Å². The molecule has 0 fully saturated rings. The highest BCUT2D eigenvalue weighted by atomic mass is 16.5. The smallest absolute Gasteiger partial charge is 0.343 e. The second-order valence-corrected chi connectivity index (χ2v) is 7.63. The molecule has 9 heteroatoms. The summed E-state index contributed by atoms with van der Waals surface area (Å²) in [5.41, 5.74) is -0.255. The number of nitrogens with zero attached hydrogens (tertiary/aromatic N) is 1. The Hall–Kier alpha value is -3.20. The zero-order valence-electron chi connectivity index (χ0n) is 19.5. The van der Waals surface area contributed by atoms with E-state index in [0.717, 1.165) is 13.0 Å². The van der Waals surface area contributed by atoms with Crippen LogP contribution in [-0.4, -0.2) is 64.4 Å². The average Bonchev–Trinajstić information content (AvgIpc) is 2.74. The summed E-state index contributed by atoms with van der Waals surface area (Å²) in [5, 5.41) is 13.5. The zero-order chi connectivity index (χ0) is 23.8. The maximum absolute atomic E-state index is 12.8. The molecule has 2 N–H and O–H groups in total. The van der Waals surface area contributed by atoms with Crippen LogP contribution in [-0.2, 0) is 4.79 Å². The number of hydrogen-bond donors (Lipinski definition) is 2. The Morgan fingerprint density at radius 1 is 1.16 bits per heavy atom. The maximum Gasteiger partial charge on any atom is 0.343 e. The second kappa shape index (κ2) is 11.4. The van der Waals surface area contributed by atoms with Crippen molar-refractivity contribution in [2.75, 3.05) is 48.5 Å². The van der Waals surface area contributed by atoms with E-state index in [0.29, 0.717) is 29.4 Å². The predicted molar refractivity (Wildman–Crippen MR) is 120 cm³/mol. The first-order valence-corrected chi connectivity index (χ1v) is 10.3. The van der Waals surface area contributed by atoms with Gasteiger partial charge in [-0.05, 0) is 40.1 Å². The summed E-state index contributed by atoms with van der Waals surface area (Å²) in [6, 6.07) is 4.69. The molecule has 1 unspecified atom stereocenters. The van der Waals surface area contributed by atoms with Crippen molar-refractivity contribution >= 4 is 5.91 Å². The van der Waals surface area contributed by atoms with Gasteiger partial charge in [-0.2, -0.15) is 0 Å². The van der Waals surface area contributed by atoms with Gasteiger partial charge in [-0.25, -0.2) is 4.79 Å². The van der Waals surface area contributed by atoms with Crippen LogP contribution < -0.4 is 25.2 Å². The van der Waals surface area contributed by atoms with Gasteiger partial charge in [-0.15, -0.1) is 0 Å². The first-order chi connectivity index (χ1) is 15.2. The summed E-state index contributed by atoms with van der Waals surface area (Å²) in [4.78, 5) is 27.5. The Morgan fingerprint density at radius 3 is 2.41 bits per heavy atom. The Bertz CT molecular complexity index is 985. The molecule has 9 nitrogen and oxygen atoms in total. The lowest BCUT2D eigenvalue weighted by molar-refractivity contribution is -0.121. The molecule has 0 spiro atoms. The summed E-state index contributed by atoms with van der Waals surface area (Å²) >= 11 is 0. The Balaban J connectivity index is 2.51. The monoisotopic (exact) mass is 448 g/mol. The molecule has 0 bridgehead atoms. The van der Waals surface area contributed by atoms with E-state index in [2.05, 4.69) is 5.32 Å². The van der Waals surface area contributed by atoms with Crippen molar-refractivity contribution < 1.29 is 28.5 Å². The van der Waals surface area contributed by atoms with Gasteiger partial charge in [-0.1, -0.05) is 6.07 Å². The van der Waals surface area contributed by atoms with Crippen molar-refractivity contribution in [2.24, 2.45) is 0 Å². The first kappa shape index (κ1) is 25.1. The summed E-state index contributed by atoms with van der Waals surface area (Å²) in [6.07, 6.45) is 0.677. The van der Waals surface area contributed by atoms with E-state index < -0.39 is 11.5 Å². The number of amides is 1. The molecular weight excluding hydrogens is 416 g/mol. The summed E-state index contributed by atoms with van der Waals surface area (Å²) in [5.74, 6) is -0.0412. The van der Waals surface area contributed by atoms with Crippen LogP contribution in [0.3, 0.4) is 0 Å². The van der Waals surface area contributed by atoms with Crippen LogP contribution in [0.25, 0.3) is 0 Å². The molecule has 1 aromatic carbocycles. The van der Waals surface area contributed by atoms with Crippen LogP contribution in [0.4, 0.5) is 0 Å². The third kappa shape index (κ3) is 5.94. The van der Waals surface area contributed by atoms with Crippen molar-refractivity contribution in [1.82, 2.24) is 10.2 Å². The van der Waals surface area contributed by atoms with Crippen LogP contribution >= 0.6 is 0 Å². The van der Waals surface area contributed by atoms with Crippen molar-refractivity contribution in [2.45, 2.75) is 25.7 Å². The largest absolute Gasteiger partial charge is 0.507 e. The van der Waals surface area contributed by atoms with Gasteiger partial charge in [0.25, 0.3) is 0 Å². The standard InChI is InChI=1S/C23H32N2O7/c1-14-12-17(26)20(23(28)32-14)16(13-19(27)24-10-7-11-25(2)3)15-8-9-18(29-4)22(31-6)21(15)30-5/h8-9,12,16,26H,7,10-11,13H2,1-6H3,(H,24,27). The Morgan fingerprint density at radius 2 is 1.84 bits per heavy atom. The molecule has 32 heavy (non-hydrogen) atoms. The molecule has 1 atom stereocenters. The van der Waals surface area contributed by atoms with Crippen LogP contribution in [0.2, 0.25) is 0 Å². The first-order valence-electron chi connectivity index (χ1n) is 10.3. The highest BCUT2D eigenvalue weighted by molar-refractivity contribution is 5.78. The lowest BCUT2D eigenvalue weighted by Crippen LogP contribution is -2.29. The molecule has 2 aromatic rings. The number of ether oxygens (including phenoxy) is 3. The van der Waals surface area contributed by atoms with E-state index in [9.17, 15) is 14.7 Å². The lowest BCUT2D eigenvalue weighted by Gasteiger charge is -2.22. The third-order valence-corrected chi connectivity index (χ3v) is 5.04. The highest BCUT2D eigenvalue weighted by Crippen LogP contribution is 2.45. The SMILES string of the molecule is COc1ccc(C(CC(=O)NCCCN(C)C)c2c(O)cc(C)oc2=O)c(OC)c1OC. The van der Waals surface area contributed by atoms with E-state index in [-0.39, 0.29) is 29.4 Å². The minimum atomic E-state index is -0.838. The molecular formula is C23H32N2O7. The van der Waals surface area contributed by atoms with Gasteiger partial charge in [0.05, 0.1) is 26.9 Å². The molecule has 176 valence electrons. The van der Waals surface area contributed by atoms with Crippen molar-refractivity contribution in [1.29, 1.82) is 0 Å². The van der Waals surface area contributed by atoms with Gasteiger partial charge < -0.3 is 34.0 Å². The fourth-order valence-electron chi connectivity index (χ4n) is 3.57. The van der Waals surface area contributed by atoms with Gasteiger partial charge in [-0.3, -0.25) is 4.79 Å². The minimum absolute atomic E-state index is 0.0236. The van der Waals surface area contributed by atoms with Crippen LogP contribution in [0, 0.1) is 6.92 Å². The summed E-state index contributed by atoms with van der Waals surface area (Å²) < 4.78 is 21.6. The molecule has 1 heterocycles. The molecule has 1 aromatic heterocycles. The summed E-state index contributed by atoms with van der Waals surface area (Å²) in [7, 11) is 8.34. The average molecular weight is 449 g/mol. The Labute approximate surface area is 187 Å². The number of carbonyl (C=O) groups excluding carboxylic acids is 1. The predicted octanol–water partition coefficient (Wildman–Crippen LogP) is 2.27. The van der Waals surface area contributed by atoms with Crippen LogP contribution in [0.1, 0.15) is 35.6 Å². The number of aromatic hydroxyl groups is 1. The lowest BCUT2D eigenvalue weighted by atomic mass is 9.87.